The van der Waals surface area contributed by atoms with Gasteiger partial charge in [-0.1, -0.05) is 24.3 Å². The molecule has 4 rings (SSSR count). The Bertz CT molecular complexity index is 854. The highest BCUT2D eigenvalue weighted by molar-refractivity contribution is 5.81. The predicted octanol–water partition coefficient (Wildman–Crippen LogP) is 3.82. The molecule has 1 atom stereocenters. The van der Waals surface area contributed by atoms with Crippen LogP contribution in [0.5, 0.6) is 0 Å². The van der Waals surface area contributed by atoms with Crippen molar-refractivity contribution in [2.45, 2.75) is 19.9 Å². The molecule has 4 heteroatoms. The van der Waals surface area contributed by atoms with Crippen molar-refractivity contribution in [2.75, 3.05) is 31.1 Å². The van der Waals surface area contributed by atoms with Crippen LogP contribution in [-0.4, -0.2) is 41.0 Å². The van der Waals surface area contributed by atoms with Gasteiger partial charge in [0.15, 0.2) is 0 Å². The summed E-state index contributed by atoms with van der Waals surface area (Å²) in [5.41, 5.74) is 3.62. The minimum Gasteiger partial charge on any atom is -0.354 e. The van der Waals surface area contributed by atoms with E-state index in [1.54, 1.807) is 0 Å². The van der Waals surface area contributed by atoms with Crippen molar-refractivity contribution >= 4 is 16.7 Å². The maximum Gasteiger partial charge on any atom is 0.132 e. The zero-order valence-electron chi connectivity index (χ0n) is 14.9. The van der Waals surface area contributed by atoms with Gasteiger partial charge in [0.2, 0.25) is 0 Å². The van der Waals surface area contributed by atoms with Gasteiger partial charge in [0, 0.05) is 50.0 Å². The van der Waals surface area contributed by atoms with Crippen molar-refractivity contribution in [1.29, 1.82) is 0 Å². The molecule has 1 aliphatic heterocycles. The Morgan fingerprint density at radius 3 is 2.56 bits per heavy atom. The van der Waals surface area contributed by atoms with E-state index in [4.69, 9.17) is 4.98 Å². The number of hydrogen-bond donors (Lipinski definition) is 0. The minimum atomic E-state index is 0.404. The number of hydrogen-bond acceptors (Lipinski definition) is 4. The third-order valence-electron chi connectivity index (χ3n) is 5.22. The van der Waals surface area contributed by atoms with Crippen molar-refractivity contribution in [1.82, 2.24) is 14.9 Å². The summed E-state index contributed by atoms with van der Waals surface area (Å²) in [6.45, 7) is 8.55. The number of para-hydroxylation sites is 1. The highest BCUT2D eigenvalue weighted by Gasteiger charge is 2.23. The summed E-state index contributed by atoms with van der Waals surface area (Å²) >= 11 is 0. The molecule has 0 radical (unpaired) electrons. The van der Waals surface area contributed by atoms with Gasteiger partial charge in [-0.25, -0.2) is 4.98 Å². The van der Waals surface area contributed by atoms with E-state index in [2.05, 4.69) is 65.0 Å². The molecule has 1 unspecified atom stereocenters. The molecule has 1 fully saturated rings. The first-order valence-electron chi connectivity index (χ1n) is 8.98. The number of aryl methyl sites for hydroxylation is 1. The number of pyridine rings is 2. The molecule has 0 saturated carbocycles. The summed E-state index contributed by atoms with van der Waals surface area (Å²) in [7, 11) is 0. The lowest BCUT2D eigenvalue weighted by atomic mass is 10.1. The zero-order valence-corrected chi connectivity index (χ0v) is 14.9. The standard InChI is InChI=1S/C21H24N4/c1-16-14-18-6-3-4-8-20(18)23-21(16)25-12-10-24(11-13-25)17(2)19-7-5-9-22-15-19/h3-9,14-15,17H,10-13H2,1-2H3. The lowest BCUT2D eigenvalue weighted by Crippen LogP contribution is -2.47. The summed E-state index contributed by atoms with van der Waals surface area (Å²) in [6, 6.07) is 15.2. The number of aromatic nitrogens is 2. The number of nitrogens with zero attached hydrogens (tertiary/aromatic N) is 4. The topological polar surface area (TPSA) is 32.3 Å². The van der Waals surface area contributed by atoms with Crippen molar-refractivity contribution < 1.29 is 0 Å². The fourth-order valence-electron chi connectivity index (χ4n) is 3.69. The second kappa shape index (κ2) is 6.81. The van der Waals surface area contributed by atoms with Crippen molar-refractivity contribution in [3.63, 3.8) is 0 Å². The Kier molecular flexibility index (Phi) is 4.36. The lowest BCUT2D eigenvalue weighted by Gasteiger charge is -2.39. The normalized spacial score (nSPS) is 17.0. The summed E-state index contributed by atoms with van der Waals surface area (Å²) < 4.78 is 0. The molecular formula is C21H24N4. The third-order valence-corrected chi connectivity index (χ3v) is 5.22. The van der Waals surface area contributed by atoms with E-state index in [0.717, 1.165) is 37.5 Å². The van der Waals surface area contributed by atoms with Crippen LogP contribution in [0.25, 0.3) is 10.9 Å². The quantitative estimate of drug-likeness (QED) is 0.730. The first-order valence-corrected chi connectivity index (χ1v) is 8.98. The van der Waals surface area contributed by atoms with E-state index in [1.165, 1.54) is 16.5 Å². The Morgan fingerprint density at radius 1 is 1.00 bits per heavy atom. The van der Waals surface area contributed by atoms with Crippen LogP contribution >= 0.6 is 0 Å². The number of piperazine rings is 1. The van der Waals surface area contributed by atoms with Gasteiger partial charge in [-0.15, -0.1) is 0 Å². The molecule has 0 spiro atoms. The van der Waals surface area contributed by atoms with Crippen LogP contribution in [-0.2, 0) is 0 Å². The first-order chi connectivity index (χ1) is 12.2. The smallest absolute Gasteiger partial charge is 0.132 e. The highest BCUT2D eigenvalue weighted by Crippen LogP contribution is 2.26. The minimum absolute atomic E-state index is 0.404. The average molecular weight is 332 g/mol. The molecular weight excluding hydrogens is 308 g/mol. The van der Waals surface area contributed by atoms with Crippen molar-refractivity contribution in [3.8, 4) is 0 Å². The summed E-state index contributed by atoms with van der Waals surface area (Å²) in [6.07, 6.45) is 3.81. The molecule has 3 aromatic rings. The van der Waals surface area contributed by atoms with Gasteiger partial charge in [-0.3, -0.25) is 9.88 Å². The Balaban J connectivity index is 1.49. The Morgan fingerprint density at radius 2 is 1.80 bits per heavy atom. The van der Waals surface area contributed by atoms with Gasteiger partial charge in [-0.05, 0) is 43.2 Å². The van der Waals surface area contributed by atoms with Crippen LogP contribution in [0.15, 0.2) is 54.9 Å². The monoisotopic (exact) mass is 332 g/mol. The van der Waals surface area contributed by atoms with Gasteiger partial charge in [0.25, 0.3) is 0 Å². The predicted molar refractivity (Wildman–Crippen MR) is 103 cm³/mol. The van der Waals surface area contributed by atoms with E-state index < -0.39 is 0 Å². The zero-order chi connectivity index (χ0) is 17.2. The fraction of sp³-hybridized carbons (Fsp3) is 0.333. The Hall–Kier alpha value is -2.46. The van der Waals surface area contributed by atoms with Crippen LogP contribution in [0.4, 0.5) is 5.82 Å². The van der Waals surface area contributed by atoms with E-state index in [9.17, 15) is 0 Å². The van der Waals surface area contributed by atoms with Gasteiger partial charge in [0.1, 0.15) is 5.82 Å². The SMILES string of the molecule is Cc1cc2ccccc2nc1N1CCN(C(C)c2cccnc2)CC1. The molecule has 0 bridgehead atoms. The van der Waals surface area contributed by atoms with Crippen LogP contribution in [0.1, 0.15) is 24.1 Å². The lowest BCUT2D eigenvalue weighted by molar-refractivity contribution is 0.198. The van der Waals surface area contributed by atoms with Crippen LogP contribution < -0.4 is 4.90 Å². The van der Waals surface area contributed by atoms with Gasteiger partial charge in [-0.2, -0.15) is 0 Å². The molecule has 0 amide bonds. The Labute approximate surface area is 149 Å². The van der Waals surface area contributed by atoms with Crippen molar-refractivity contribution in [2.24, 2.45) is 0 Å². The molecule has 3 heterocycles. The number of fused-ring (bicyclic) bond motifs is 1. The molecule has 1 aliphatic rings. The second-order valence-corrected chi connectivity index (χ2v) is 6.81. The molecule has 4 nitrogen and oxygen atoms in total. The van der Waals surface area contributed by atoms with Gasteiger partial charge >= 0.3 is 0 Å². The van der Waals surface area contributed by atoms with E-state index in [1.807, 2.05) is 18.5 Å². The van der Waals surface area contributed by atoms with Crippen LogP contribution in [0, 0.1) is 6.92 Å². The second-order valence-electron chi connectivity index (χ2n) is 6.81. The van der Waals surface area contributed by atoms with E-state index >= 15 is 0 Å². The molecule has 128 valence electrons. The molecule has 25 heavy (non-hydrogen) atoms. The highest BCUT2D eigenvalue weighted by atomic mass is 15.3. The summed E-state index contributed by atoms with van der Waals surface area (Å²) in [5.74, 6) is 1.13. The number of benzene rings is 1. The van der Waals surface area contributed by atoms with Crippen molar-refractivity contribution in [3.05, 3.63) is 66.0 Å². The largest absolute Gasteiger partial charge is 0.354 e. The number of rotatable bonds is 3. The summed E-state index contributed by atoms with van der Waals surface area (Å²) in [5, 5.41) is 1.22. The fourth-order valence-corrected chi connectivity index (χ4v) is 3.69. The molecule has 1 aromatic carbocycles. The molecule has 0 N–H and O–H groups in total. The van der Waals surface area contributed by atoms with E-state index in [-0.39, 0.29) is 0 Å². The van der Waals surface area contributed by atoms with Crippen LogP contribution in [0.3, 0.4) is 0 Å². The molecule has 0 aliphatic carbocycles. The average Bonchev–Trinajstić information content (AvgIpc) is 2.68. The molecule has 2 aromatic heterocycles. The first kappa shape index (κ1) is 16.0. The van der Waals surface area contributed by atoms with Gasteiger partial charge < -0.3 is 4.90 Å². The summed E-state index contributed by atoms with van der Waals surface area (Å²) in [4.78, 5) is 14.1. The van der Waals surface area contributed by atoms with E-state index in [0.29, 0.717) is 6.04 Å². The number of anilines is 1. The maximum absolute atomic E-state index is 4.92. The third kappa shape index (κ3) is 3.22. The maximum atomic E-state index is 4.92. The van der Waals surface area contributed by atoms with Gasteiger partial charge in [0.05, 0.1) is 5.52 Å². The van der Waals surface area contributed by atoms with Crippen LogP contribution in [0.2, 0.25) is 0 Å². The molecule has 1 saturated heterocycles.